The summed E-state index contributed by atoms with van der Waals surface area (Å²) in [4.78, 5) is 0. The highest BCUT2D eigenvalue weighted by Gasteiger charge is 2.14. The molecule has 0 rings (SSSR count). The molecule has 2 unspecified atom stereocenters. The monoisotopic (exact) mass is 161 g/mol. The molecule has 0 aliphatic carbocycles. The Bertz CT molecular complexity index is 154. The first-order valence-corrected chi connectivity index (χ1v) is 4.52. The molecule has 0 aromatic carbocycles. The van der Waals surface area contributed by atoms with E-state index in [2.05, 4.69) is 0 Å². The highest BCUT2D eigenvalue weighted by molar-refractivity contribution is 7.44. The highest BCUT2D eigenvalue weighted by Crippen LogP contribution is 2.18. The van der Waals surface area contributed by atoms with E-state index in [-0.39, 0.29) is 6.35 Å². The second-order valence-electron chi connectivity index (χ2n) is 1.87. The molecule has 2 atom stereocenters. The number of aliphatic hydroxyl groups is 1. The smallest absolute Gasteiger partial charge is 0.353 e. The van der Waals surface area contributed by atoms with Crippen LogP contribution in [0.5, 0.6) is 0 Å². The Kier molecular flexibility index (Phi) is 5.05. The van der Waals surface area contributed by atoms with Gasteiger partial charge in [-0.2, -0.15) is 5.26 Å². The van der Waals surface area contributed by atoms with Crippen molar-refractivity contribution in [1.82, 2.24) is 0 Å². The molecule has 0 bridgehead atoms. The van der Waals surface area contributed by atoms with E-state index in [9.17, 15) is 4.57 Å². The predicted octanol–water partition coefficient (Wildman–Crippen LogP) is 0.00458. The first kappa shape index (κ1) is 9.51. The number of nitrogens with two attached hydrogens (primary N) is 1. The van der Waals surface area contributed by atoms with Crippen LogP contribution >= 0.6 is 7.80 Å². The zero-order valence-corrected chi connectivity index (χ0v) is 6.42. The lowest BCUT2D eigenvalue weighted by Gasteiger charge is -1.92. The summed E-state index contributed by atoms with van der Waals surface area (Å²) in [5.41, 5.74) is 5.20. The van der Waals surface area contributed by atoms with Gasteiger partial charge in [0, 0.05) is 6.42 Å². The fourth-order valence-corrected chi connectivity index (χ4v) is 1.13. The van der Waals surface area contributed by atoms with Crippen LogP contribution < -0.4 is 5.73 Å². The van der Waals surface area contributed by atoms with Gasteiger partial charge in [0.1, 0.15) is 0 Å². The molecule has 56 valence electrons. The number of hydrogen-bond acceptors (Lipinski definition) is 4. The molecule has 3 N–H and O–H groups in total. The molecule has 0 aliphatic heterocycles. The van der Waals surface area contributed by atoms with Gasteiger partial charge >= 0.3 is 7.80 Å². The average Bonchev–Trinajstić information content (AvgIpc) is 1.99. The molecule has 0 fully saturated rings. The number of nitriles is 1. The molecule has 0 amide bonds. The normalized spacial score (nSPS) is 13.9. The molecule has 5 heteroatoms. The van der Waals surface area contributed by atoms with E-state index in [0.29, 0.717) is 12.6 Å². The van der Waals surface area contributed by atoms with Crippen molar-refractivity contribution in [3.63, 3.8) is 0 Å². The number of rotatable bonds is 4. The maximum Gasteiger partial charge on any atom is 0.366 e. The maximum atomic E-state index is 10.6. The molecule has 0 aromatic heterocycles. The van der Waals surface area contributed by atoms with Crippen molar-refractivity contribution in [2.24, 2.45) is 5.73 Å². The third-order valence-electron chi connectivity index (χ3n) is 1.01. The minimum Gasteiger partial charge on any atom is -0.353 e. The lowest BCUT2D eigenvalue weighted by Crippen LogP contribution is -2.17. The molecule has 0 saturated heterocycles. The molecule has 0 spiro atoms. The molecule has 0 heterocycles. The van der Waals surface area contributed by atoms with Crippen LogP contribution in [-0.2, 0) is 4.57 Å². The summed E-state index contributed by atoms with van der Waals surface area (Å²) in [7, 11) is -1.54. The van der Waals surface area contributed by atoms with Crippen molar-refractivity contribution >= 4 is 7.80 Å². The van der Waals surface area contributed by atoms with Crippen LogP contribution in [0.15, 0.2) is 0 Å². The first-order chi connectivity index (χ1) is 4.70. The standard InChI is InChI=1S/C5H10N2O2P/c6-3-5(7)1-2-10(9)4-8/h5,8H,1-2,4,7H2/q+1. The predicted molar refractivity (Wildman–Crippen MR) is 37.8 cm³/mol. The van der Waals surface area contributed by atoms with Crippen LogP contribution in [0.1, 0.15) is 6.42 Å². The van der Waals surface area contributed by atoms with E-state index in [1.54, 1.807) is 0 Å². The van der Waals surface area contributed by atoms with Gasteiger partial charge in [-0.3, -0.25) is 0 Å². The van der Waals surface area contributed by atoms with E-state index in [1.165, 1.54) is 0 Å². The van der Waals surface area contributed by atoms with E-state index in [1.807, 2.05) is 6.07 Å². The minimum atomic E-state index is -1.54. The Morgan fingerprint density at radius 1 is 1.80 bits per heavy atom. The van der Waals surface area contributed by atoms with Crippen molar-refractivity contribution in [2.45, 2.75) is 12.5 Å². The van der Waals surface area contributed by atoms with Gasteiger partial charge in [-0.15, -0.1) is 0 Å². The van der Waals surface area contributed by atoms with Crippen LogP contribution in [0.4, 0.5) is 0 Å². The van der Waals surface area contributed by atoms with Crippen LogP contribution in [-0.4, -0.2) is 23.7 Å². The lowest BCUT2D eigenvalue weighted by atomic mass is 10.3. The summed E-state index contributed by atoms with van der Waals surface area (Å²) in [6.45, 7) is 0. The summed E-state index contributed by atoms with van der Waals surface area (Å²) in [5.74, 6) is 0. The van der Waals surface area contributed by atoms with Crippen molar-refractivity contribution < 1.29 is 9.67 Å². The Hall–Kier alpha value is -0.490. The fourth-order valence-electron chi connectivity index (χ4n) is 0.418. The van der Waals surface area contributed by atoms with Crippen molar-refractivity contribution in [3.05, 3.63) is 0 Å². The van der Waals surface area contributed by atoms with Gasteiger partial charge in [0.05, 0.1) is 12.1 Å². The van der Waals surface area contributed by atoms with Gasteiger partial charge in [-0.05, 0) is 0 Å². The van der Waals surface area contributed by atoms with Gasteiger partial charge in [0.15, 0.2) is 6.16 Å². The highest BCUT2D eigenvalue weighted by atomic mass is 31.1. The van der Waals surface area contributed by atoms with E-state index < -0.39 is 13.8 Å². The second kappa shape index (κ2) is 5.31. The molecular formula is C5H10N2O2P+. The molecular weight excluding hydrogens is 151 g/mol. The van der Waals surface area contributed by atoms with E-state index in [0.717, 1.165) is 0 Å². The fraction of sp³-hybridized carbons (Fsp3) is 0.800. The van der Waals surface area contributed by atoms with Gasteiger partial charge < -0.3 is 10.8 Å². The van der Waals surface area contributed by atoms with Gasteiger partial charge in [0.25, 0.3) is 0 Å². The van der Waals surface area contributed by atoms with Crippen LogP contribution in [0.2, 0.25) is 0 Å². The van der Waals surface area contributed by atoms with Crippen LogP contribution in [0, 0.1) is 11.3 Å². The quantitative estimate of drug-likeness (QED) is 0.568. The number of hydrogen-bond donors (Lipinski definition) is 2. The first-order valence-electron chi connectivity index (χ1n) is 2.89. The molecule has 0 aromatic rings. The van der Waals surface area contributed by atoms with Gasteiger partial charge in [-0.25, -0.2) is 0 Å². The SMILES string of the molecule is N#CC(N)CC[P+](=O)CO. The van der Waals surface area contributed by atoms with E-state index in [4.69, 9.17) is 16.1 Å². The van der Waals surface area contributed by atoms with Gasteiger partial charge in [-0.1, -0.05) is 4.57 Å². The average molecular weight is 161 g/mol. The summed E-state index contributed by atoms with van der Waals surface area (Å²) >= 11 is 0. The largest absolute Gasteiger partial charge is 0.366 e. The topological polar surface area (TPSA) is 87.1 Å². The summed E-state index contributed by atoms with van der Waals surface area (Å²) in [6, 6.07) is 1.26. The second-order valence-corrected chi connectivity index (χ2v) is 3.56. The lowest BCUT2D eigenvalue weighted by molar-refractivity contribution is 0.362. The van der Waals surface area contributed by atoms with Crippen molar-refractivity contribution in [1.29, 1.82) is 5.26 Å². The Morgan fingerprint density at radius 3 is 2.80 bits per heavy atom. The van der Waals surface area contributed by atoms with Crippen molar-refractivity contribution in [3.8, 4) is 6.07 Å². The zero-order valence-electron chi connectivity index (χ0n) is 5.53. The Morgan fingerprint density at radius 2 is 2.40 bits per heavy atom. The minimum absolute atomic E-state index is 0.312. The third-order valence-corrected chi connectivity index (χ3v) is 2.09. The summed E-state index contributed by atoms with van der Waals surface area (Å²) in [5, 5.41) is 16.5. The Balaban J connectivity index is 3.37. The van der Waals surface area contributed by atoms with Crippen LogP contribution in [0.25, 0.3) is 0 Å². The molecule has 0 saturated carbocycles. The molecule has 4 nitrogen and oxygen atoms in total. The van der Waals surface area contributed by atoms with E-state index >= 15 is 0 Å². The summed E-state index contributed by atoms with van der Waals surface area (Å²) < 4.78 is 10.6. The number of nitrogens with zero attached hydrogens (tertiary/aromatic N) is 1. The summed E-state index contributed by atoms with van der Waals surface area (Å²) in [6.07, 6.45) is 0.417. The van der Waals surface area contributed by atoms with Crippen molar-refractivity contribution in [2.75, 3.05) is 12.5 Å². The third kappa shape index (κ3) is 4.39. The van der Waals surface area contributed by atoms with Crippen LogP contribution in [0.3, 0.4) is 0 Å². The maximum absolute atomic E-state index is 10.6. The molecule has 10 heavy (non-hydrogen) atoms. The Labute approximate surface area is 60.4 Å². The van der Waals surface area contributed by atoms with Gasteiger partial charge in [0.2, 0.25) is 6.35 Å². The zero-order chi connectivity index (χ0) is 7.98. The molecule has 0 radical (unpaired) electrons. The molecule has 0 aliphatic rings. The number of aliphatic hydroxyl groups excluding tert-OH is 1.